The highest BCUT2D eigenvalue weighted by molar-refractivity contribution is 5.77. The van der Waals surface area contributed by atoms with Gasteiger partial charge in [0.1, 0.15) is 0 Å². The van der Waals surface area contributed by atoms with Gasteiger partial charge in [-0.05, 0) is 12.1 Å². The lowest BCUT2D eigenvalue weighted by Crippen LogP contribution is -1.89. The van der Waals surface area contributed by atoms with Gasteiger partial charge < -0.3 is 4.57 Å². The fourth-order valence-electron chi connectivity index (χ4n) is 1.75. The summed E-state index contributed by atoms with van der Waals surface area (Å²) in [6, 6.07) is 6.03. The molecule has 0 bridgehead atoms. The Hall–Kier alpha value is -2.10. The van der Waals surface area contributed by atoms with Gasteiger partial charge in [0.25, 0.3) is 0 Å². The molecule has 0 saturated heterocycles. The van der Waals surface area contributed by atoms with E-state index in [4.69, 9.17) is 0 Å². The van der Waals surface area contributed by atoms with E-state index in [2.05, 4.69) is 16.1 Å². The Morgan fingerprint density at radius 1 is 1.20 bits per heavy atom. The topological polar surface area (TPSA) is 35.1 Å². The first-order chi connectivity index (χ1) is 7.36. The number of hydrogen-bond acceptors (Lipinski definition) is 2. The number of aromatic nitrogens is 4. The van der Waals surface area contributed by atoms with Gasteiger partial charge in [0.15, 0.2) is 0 Å². The number of rotatable bonds is 1. The van der Waals surface area contributed by atoms with Crippen LogP contribution in [0.3, 0.4) is 0 Å². The fraction of sp³-hybridized carbons (Fsp3) is 0.0909. The SMILES string of the molecule is Cn1cncc1-c1cnn2ccccc12. The maximum Gasteiger partial charge on any atom is 0.0948 e. The number of nitrogens with zero attached hydrogens (tertiary/aromatic N) is 4. The van der Waals surface area contributed by atoms with Crippen LogP contribution in [0.1, 0.15) is 0 Å². The molecule has 4 heteroatoms. The van der Waals surface area contributed by atoms with Gasteiger partial charge in [0, 0.05) is 18.8 Å². The van der Waals surface area contributed by atoms with E-state index < -0.39 is 0 Å². The van der Waals surface area contributed by atoms with Gasteiger partial charge in [-0.1, -0.05) is 6.07 Å². The van der Waals surface area contributed by atoms with E-state index in [0.29, 0.717) is 0 Å². The zero-order chi connectivity index (χ0) is 10.3. The van der Waals surface area contributed by atoms with Crippen LogP contribution in [0.5, 0.6) is 0 Å². The van der Waals surface area contributed by atoms with E-state index in [-0.39, 0.29) is 0 Å². The van der Waals surface area contributed by atoms with Crippen LogP contribution in [0.4, 0.5) is 0 Å². The van der Waals surface area contributed by atoms with Gasteiger partial charge in [0.05, 0.1) is 29.9 Å². The molecule has 0 atom stereocenters. The lowest BCUT2D eigenvalue weighted by atomic mass is 10.2. The maximum absolute atomic E-state index is 4.29. The molecular formula is C11H10N4. The summed E-state index contributed by atoms with van der Waals surface area (Å²) in [4.78, 5) is 4.11. The second kappa shape index (κ2) is 2.95. The Balaban J connectivity index is 2.32. The molecule has 0 aliphatic carbocycles. The van der Waals surface area contributed by atoms with E-state index in [9.17, 15) is 0 Å². The fourth-order valence-corrected chi connectivity index (χ4v) is 1.75. The normalized spacial score (nSPS) is 11.0. The maximum atomic E-state index is 4.29. The highest BCUT2D eigenvalue weighted by Crippen LogP contribution is 2.22. The molecule has 4 nitrogen and oxygen atoms in total. The number of imidazole rings is 1. The summed E-state index contributed by atoms with van der Waals surface area (Å²) in [6.45, 7) is 0. The van der Waals surface area contributed by atoms with Crippen molar-refractivity contribution < 1.29 is 0 Å². The number of fused-ring (bicyclic) bond motifs is 1. The molecular weight excluding hydrogens is 188 g/mol. The summed E-state index contributed by atoms with van der Waals surface area (Å²) in [5.74, 6) is 0. The third-order valence-corrected chi connectivity index (χ3v) is 2.52. The van der Waals surface area contributed by atoms with Crippen molar-refractivity contribution in [3.05, 3.63) is 43.1 Å². The van der Waals surface area contributed by atoms with Crippen molar-refractivity contribution in [2.45, 2.75) is 0 Å². The van der Waals surface area contributed by atoms with E-state index in [1.807, 2.05) is 46.9 Å². The molecule has 0 radical (unpaired) electrons. The first kappa shape index (κ1) is 8.23. The quantitative estimate of drug-likeness (QED) is 0.597. The van der Waals surface area contributed by atoms with E-state index in [1.54, 1.807) is 6.33 Å². The molecule has 0 amide bonds. The van der Waals surface area contributed by atoms with Crippen molar-refractivity contribution in [3.8, 4) is 11.3 Å². The molecule has 74 valence electrons. The van der Waals surface area contributed by atoms with Crippen molar-refractivity contribution >= 4 is 5.52 Å². The standard InChI is InChI=1S/C11H10N4/c1-14-8-12-7-11(14)9-6-13-15-5-3-2-4-10(9)15/h2-8H,1H3. The Morgan fingerprint density at radius 3 is 2.93 bits per heavy atom. The Bertz CT molecular complexity index is 606. The summed E-state index contributed by atoms with van der Waals surface area (Å²) in [7, 11) is 1.98. The summed E-state index contributed by atoms with van der Waals surface area (Å²) in [6.07, 6.45) is 7.45. The molecule has 15 heavy (non-hydrogen) atoms. The summed E-state index contributed by atoms with van der Waals surface area (Å²) in [5, 5.41) is 4.29. The summed E-state index contributed by atoms with van der Waals surface area (Å²) < 4.78 is 3.85. The van der Waals surface area contributed by atoms with Gasteiger partial charge in [-0.2, -0.15) is 5.10 Å². The average molecular weight is 198 g/mol. The molecule has 0 saturated carbocycles. The van der Waals surface area contributed by atoms with Crippen molar-refractivity contribution in [1.82, 2.24) is 19.2 Å². The molecule has 0 aliphatic heterocycles. The predicted octanol–water partition coefficient (Wildman–Crippen LogP) is 1.73. The number of aryl methyl sites for hydroxylation is 1. The van der Waals surface area contributed by atoms with Crippen molar-refractivity contribution in [1.29, 1.82) is 0 Å². The molecule has 0 fully saturated rings. The van der Waals surface area contributed by atoms with E-state index in [0.717, 1.165) is 16.8 Å². The van der Waals surface area contributed by atoms with Crippen molar-refractivity contribution in [2.24, 2.45) is 7.05 Å². The third-order valence-electron chi connectivity index (χ3n) is 2.52. The van der Waals surface area contributed by atoms with Crippen LogP contribution in [0.25, 0.3) is 16.8 Å². The highest BCUT2D eigenvalue weighted by Gasteiger charge is 2.08. The van der Waals surface area contributed by atoms with E-state index >= 15 is 0 Å². The molecule has 3 heterocycles. The second-order valence-corrected chi connectivity index (χ2v) is 3.48. The molecule has 0 aromatic carbocycles. The lowest BCUT2D eigenvalue weighted by Gasteiger charge is -1.99. The zero-order valence-corrected chi connectivity index (χ0v) is 8.33. The van der Waals surface area contributed by atoms with Crippen LogP contribution in [-0.4, -0.2) is 19.2 Å². The third kappa shape index (κ3) is 1.15. The van der Waals surface area contributed by atoms with Gasteiger partial charge in [-0.3, -0.25) is 0 Å². The zero-order valence-electron chi connectivity index (χ0n) is 8.33. The van der Waals surface area contributed by atoms with Crippen molar-refractivity contribution in [2.75, 3.05) is 0 Å². The minimum Gasteiger partial charge on any atom is -0.334 e. The average Bonchev–Trinajstić information content (AvgIpc) is 2.83. The van der Waals surface area contributed by atoms with Crippen LogP contribution in [-0.2, 0) is 7.05 Å². The molecule has 0 spiro atoms. The van der Waals surface area contributed by atoms with Crippen LogP contribution in [0.15, 0.2) is 43.1 Å². The Kier molecular flexibility index (Phi) is 1.62. The molecule has 3 aromatic rings. The minimum atomic E-state index is 1.08. The van der Waals surface area contributed by atoms with Crippen LogP contribution < -0.4 is 0 Å². The summed E-state index contributed by atoms with van der Waals surface area (Å²) >= 11 is 0. The number of pyridine rings is 1. The van der Waals surface area contributed by atoms with Crippen LogP contribution in [0, 0.1) is 0 Å². The Labute approximate surface area is 86.8 Å². The highest BCUT2D eigenvalue weighted by atomic mass is 15.2. The first-order valence-corrected chi connectivity index (χ1v) is 4.75. The van der Waals surface area contributed by atoms with E-state index in [1.165, 1.54) is 0 Å². The minimum absolute atomic E-state index is 1.08. The molecule has 3 aromatic heterocycles. The smallest absolute Gasteiger partial charge is 0.0948 e. The largest absolute Gasteiger partial charge is 0.334 e. The Morgan fingerprint density at radius 2 is 2.13 bits per heavy atom. The second-order valence-electron chi connectivity index (χ2n) is 3.48. The first-order valence-electron chi connectivity index (χ1n) is 4.75. The van der Waals surface area contributed by atoms with Gasteiger partial charge in [-0.25, -0.2) is 9.50 Å². The lowest BCUT2D eigenvalue weighted by molar-refractivity contribution is 0.922. The van der Waals surface area contributed by atoms with Crippen LogP contribution >= 0.6 is 0 Å². The van der Waals surface area contributed by atoms with Crippen LogP contribution in [0.2, 0.25) is 0 Å². The van der Waals surface area contributed by atoms with Gasteiger partial charge in [0.2, 0.25) is 0 Å². The molecule has 0 unspecified atom stereocenters. The molecule has 3 rings (SSSR count). The molecule has 0 aliphatic rings. The molecule has 0 N–H and O–H groups in total. The predicted molar refractivity (Wildman–Crippen MR) is 57.4 cm³/mol. The van der Waals surface area contributed by atoms with Gasteiger partial charge in [-0.15, -0.1) is 0 Å². The van der Waals surface area contributed by atoms with Gasteiger partial charge >= 0.3 is 0 Å². The summed E-state index contributed by atoms with van der Waals surface area (Å²) in [5.41, 5.74) is 3.29. The van der Waals surface area contributed by atoms with Crippen molar-refractivity contribution in [3.63, 3.8) is 0 Å². The monoisotopic (exact) mass is 198 g/mol. The number of hydrogen-bond donors (Lipinski definition) is 0.